The van der Waals surface area contributed by atoms with Crippen molar-refractivity contribution in [3.05, 3.63) is 53.2 Å². The first kappa shape index (κ1) is 19.8. The molecule has 5 nitrogen and oxygen atoms in total. The smallest absolute Gasteiger partial charge is 0.356 e. The number of amides is 2. The number of carbonyl (C=O) groups excluding carboxylic acids is 1. The SMILES string of the molecule is O=C(Nc1ccc(Cl)cc1)N[C@H]1CC[C@@H]2CN(c3cccc(C(F)(F)F)n3)C[C@@H]21. The zero-order valence-electron chi connectivity index (χ0n) is 15.4. The number of rotatable bonds is 3. The summed E-state index contributed by atoms with van der Waals surface area (Å²) < 4.78 is 38.8. The predicted molar refractivity (Wildman–Crippen MR) is 105 cm³/mol. The maximum absolute atomic E-state index is 12.9. The lowest BCUT2D eigenvalue weighted by Gasteiger charge is -2.23. The molecule has 0 spiro atoms. The van der Waals surface area contributed by atoms with E-state index in [0.29, 0.717) is 35.5 Å². The fourth-order valence-electron chi connectivity index (χ4n) is 4.26. The van der Waals surface area contributed by atoms with Crippen LogP contribution in [-0.2, 0) is 6.18 Å². The minimum absolute atomic E-state index is 0.0249. The van der Waals surface area contributed by atoms with Gasteiger partial charge in [-0.15, -0.1) is 0 Å². The molecule has 0 radical (unpaired) electrons. The van der Waals surface area contributed by atoms with Gasteiger partial charge >= 0.3 is 12.2 Å². The topological polar surface area (TPSA) is 57.3 Å². The lowest BCUT2D eigenvalue weighted by Crippen LogP contribution is -2.42. The molecule has 2 aliphatic rings. The second kappa shape index (κ2) is 7.74. The van der Waals surface area contributed by atoms with Crippen molar-refractivity contribution in [2.45, 2.75) is 25.1 Å². The van der Waals surface area contributed by atoms with E-state index in [9.17, 15) is 18.0 Å². The first-order valence-electron chi connectivity index (χ1n) is 9.42. The lowest BCUT2D eigenvalue weighted by molar-refractivity contribution is -0.141. The fraction of sp³-hybridized carbons (Fsp3) is 0.400. The molecule has 9 heteroatoms. The standard InChI is InChI=1S/C20H20ClF3N4O/c21-13-5-7-14(8-6-13)25-19(29)26-16-9-4-12-10-28(11-15(12)16)18-3-1-2-17(27-18)20(22,23)24/h1-3,5-8,12,15-16H,4,9-11H2,(H2,25,26,29)/t12-,15+,16+/m1/s1. The highest BCUT2D eigenvalue weighted by molar-refractivity contribution is 6.30. The van der Waals surface area contributed by atoms with Crippen LogP contribution in [0.2, 0.25) is 5.02 Å². The Hall–Kier alpha value is -2.48. The summed E-state index contributed by atoms with van der Waals surface area (Å²) in [7, 11) is 0. The van der Waals surface area contributed by atoms with Crippen LogP contribution < -0.4 is 15.5 Å². The molecule has 0 bridgehead atoms. The molecule has 154 valence electrons. The van der Waals surface area contributed by atoms with Crippen LogP contribution in [-0.4, -0.2) is 30.1 Å². The van der Waals surface area contributed by atoms with Crippen molar-refractivity contribution in [1.29, 1.82) is 0 Å². The Kier molecular flexibility index (Phi) is 5.29. The molecular weight excluding hydrogens is 405 g/mol. The van der Waals surface area contributed by atoms with Gasteiger partial charge in [0.05, 0.1) is 0 Å². The highest BCUT2D eigenvalue weighted by Gasteiger charge is 2.44. The molecule has 1 aliphatic heterocycles. The first-order valence-corrected chi connectivity index (χ1v) is 9.80. The van der Waals surface area contributed by atoms with Gasteiger partial charge in [0.2, 0.25) is 0 Å². The Morgan fingerprint density at radius 1 is 1.10 bits per heavy atom. The maximum atomic E-state index is 12.9. The van der Waals surface area contributed by atoms with Gasteiger partial charge in [0.15, 0.2) is 0 Å². The number of hydrogen-bond acceptors (Lipinski definition) is 3. The third-order valence-electron chi connectivity index (χ3n) is 5.62. The number of carbonyl (C=O) groups is 1. The van der Waals surface area contributed by atoms with Crippen molar-refractivity contribution in [1.82, 2.24) is 10.3 Å². The normalized spacial score (nSPS) is 23.7. The second-order valence-electron chi connectivity index (χ2n) is 7.50. The highest BCUT2D eigenvalue weighted by Crippen LogP contribution is 2.40. The van der Waals surface area contributed by atoms with Gasteiger partial charge in [-0.05, 0) is 55.2 Å². The van der Waals surface area contributed by atoms with Crippen LogP contribution in [0.4, 0.5) is 29.5 Å². The molecule has 1 aromatic heterocycles. The number of halogens is 4. The third-order valence-corrected chi connectivity index (χ3v) is 5.88. The summed E-state index contributed by atoms with van der Waals surface area (Å²) in [6.45, 7) is 1.22. The van der Waals surface area contributed by atoms with Gasteiger partial charge in [-0.25, -0.2) is 9.78 Å². The summed E-state index contributed by atoms with van der Waals surface area (Å²) in [6.07, 6.45) is -2.69. The van der Waals surface area contributed by atoms with E-state index in [1.54, 1.807) is 30.3 Å². The number of fused-ring (bicyclic) bond motifs is 1. The van der Waals surface area contributed by atoms with Gasteiger partial charge in [-0.2, -0.15) is 13.2 Å². The van der Waals surface area contributed by atoms with Crippen LogP contribution in [0, 0.1) is 11.8 Å². The van der Waals surface area contributed by atoms with Crippen LogP contribution in [0.25, 0.3) is 0 Å². The van der Waals surface area contributed by atoms with Gasteiger partial charge in [0.25, 0.3) is 0 Å². The monoisotopic (exact) mass is 424 g/mol. The Balaban J connectivity index is 1.38. The zero-order chi connectivity index (χ0) is 20.6. The minimum Gasteiger partial charge on any atom is -0.356 e. The van der Waals surface area contributed by atoms with E-state index >= 15 is 0 Å². The maximum Gasteiger partial charge on any atom is 0.433 e. The number of alkyl halides is 3. The molecule has 2 aromatic rings. The molecule has 2 fully saturated rings. The molecule has 4 rings (SSSR count). The molecule has 1 aromatic carbocycles. The average molecular weight is 425 g/mol. The Morgan fingerprint density at radius 2 is 1.86 bits per heavy atom. The summed E-state index contributed by atoms with van der Waals surface area (Å²) in [5.41, 5.74) is -0.244. The number of pyridine rings is 1. The molecule has 29 heavy (non-hydrogen) atoms. The summed E-state index contributed by atoms with van der Waals surface area (Å²) in [5.74, 6) is 0.841. The summed E-state index contributed by atoms with van der Waals surface area (Å²) in [6, 6.07) is 10.5. The van der Waals surface area contributed by atoms with Gasteiger partial charge in [-0.1, -0.05) is 17.7 Å². The van der Waals surface area contributed by atoms with Crippen LogP contribution in [0.5, 0.6) is 0 Å². The summed E-state index contributed by atoms with van der Waals surface area (Å²) in [5, 5.41) is 6.38. The van der Waals surface area contributed by atoms with Crippen molar-refractivity contribution in [3.63, 3.8) is 0 Å². The van der Waals surface area contributed by atoms with E-state index in [-0.39, 0.29) is 18.0 Å². The average Bonchev–Trinajstić information content (AvgIpc) is 3.25. The Labute approximate surface area is 171 Å². The van der Waals surface area contributed by atoms with Crippen molar-refractivity contribution < 1.29 is 18.0 Å². The first-order chi connectivity index (χ1) is 13.8. The molecule has 2 N–H and O–H groups in total. The molecule has 1 aliphatic carbocycles. The molecular formula is C20H20ClF3N4O. The van der Waals surface area contributed by atoms with E-state index in [0.717, 1.165) is 18.9 Å². The van der Waals surface area contributed by atoms with E-state index in [1.165, 1.54) is 6.07 Å². The van der Waals surface area contributed by atoms with Crippen LogP contribution >= 0.6 is 11.6 Å². The van der Waals surface area contributed by atoms with Gasteiger partial charge in [-0.3, -0.25) is 0 Å². The molecule has 2 amide bonds. The number of urea groups is 1. The van der Waals surface area contributed by atoms with Crippen molar-refractivity contribution in [2.75, 3.05) is 23.3 Å². The number of nitrogens with one attached hydrogen (secondary N) is 2. The molecule has 0 unspecified atom stereocenters. The van der Waals surface area contributed by atoms with Crippen LogP contribution in [0.3, 0.4) is 0 Å². The largest absolute Gasteiger partial charge is 0.433 e. The van der Waals surface area contributed by atoms with Gasteiger partial charge in [0, 0.05) is 35.8 Å². The van der Waals surface area contributed by atoms with Crippen molar-refractivity contribution in [2.24, 2.45) is 11.8 Å². The Morgan fingerprint density at radius 3 is 2.59 bits per heavy atom. The minimum atomic E-state index is -4.46. The molecule has 3 atom stereocenters. The van der Waals surface area contributed by atoms with Gasteiger partial charge in [0.1, 0.15) is 11.5 Å². The lowest BCUT2D eigenvalue weighted by atomic mass is 9.98. The van der Waals surface area contributed by atoms with E-state index < -0.39 is 11.9 Å². The van der Waals surface area contributed by atoms with E-state index in [4.69, 9.17) is 11.6 Å². The number of aromatic nitrogens is 1. The van der Waals surface area contributed by atoms with Crippen molar-refractivity contribution in [3.8, 4) is 0 Å². The third kappa shape index (κ3) is 4.42. The number of hydrogen-bond donors (Lipinski definition) is 2. The number of benzene rings is 1. The summed E-state index contributed by atoms with van der Waals surface area (Å²) >= 11 is 5.84. The number of anilines is 2. The van der Waals surface area contributed by atoms with Gasteiger partial charge < -0.3 is 15.5 Å². The van der Waals surface area contributed by atoms with Crippen molar-refractivity contribution >= 4 is 29.1 Å². The second-order valence-corrected chi connectivity index (χ2v) is 7.93. The molecule has 1 saturated heterocycles. The highest BCUT2D eigenvalue weighted by atomic mass is 35.5. The molecule has 2 heterocycles. The van der Waals surface area contributed by atoms with E-state index in [2.05, 4.69) is 15.6 Å². The van der Waals surface area contributed by atoms with E-state index in [1.807, 2.05) is 4.90 Å². The summed E-state index contributed by atoms with van der Waals surface area (Å²) in [4.78, 5) is 18.0. The van der Waals surface area contributed by atoms with Crippen LogP contribution in [0.1, 0.15) is 18.5 Å². The predicted octanol–water partition coefficient (Wildman–Crippen LogP) is 4.79. The number of nitrogens with zero attached hydrogens (tertiary/aromatic N) is 2. The zero-order valence-corrected chi connectivity index (χ0v) is 16.2. The van der Waals surface area contributed by atoms with Crippen LogP contribution in [0.15, 0.2) is 42.5 Å². The Bertz CT molecular complexity index is 890. The molecule has 1 saturated carbocycles. The fourth-order valence-corrected chi connectivity index (χ4v) is 4.38. The quantitative estimate of drug-likeness (QED) is 0.744.